The second kappa shape index (κ2) is 8.95. The number of rotatable bonds is 6. The molecule has 3 aromatic heterocycles. The molecule has 1 N–H and O–H groups in total. The molecule has 0 aliphatic carbocycles. The second-order valence-corrected chi connectivity index (χ2v) is 8.57. The molecule has 0 fully saturated rings. The number of fused-ring (bicyclic) bond motifs is 2. The third kappa shape index (κ3) is 4.08. The quantitative estimate of drug-likeness (QED) is 0.226. The lowest BCUT2D eigenvalue weighted by molar-refractivity contribution is 0.0499. The van der Waals surface area contributed by atoms with Crippen LogP contribution in [-0.2, 0) is 4.74 Å². The van der Waals surface area contributed by atoms with Crippen molar-refractivity contribution in [3.05, 3.63) is 93.3 Å². The number of hydrogen-bond donors (Lipinski definition) is 1. The summed E-state index contributed by atoms with van der Waals surface area (Å²) in [6.45, 7) is 1.92. The first kappa shape index (κ1) is 21.6. The third-order valence-corrected chi connectivity index (χ3v) is 6.36. The summed E-state index contributed by atoms with van der Waals surface area (Å²) >= 11 is 1.34. The Bertz CT molecular complexity index is 1580. The number of ether oxygens (including phenoxy) is 1. The average Bonchev–Trinajstić information content (AvgIpc) is 3.42. The average molecular weight is 474 g/mol. The van der Waals surface area contributed by atoms with Gasteiger partial charge in [-0.05, 0) is 37.3 Å². The van der Waals surface area contributed by atoms with Crippen LogP contribution < -0.4 is 10.9 Å². The minimum atomic E-state index is -0.797. The Kier molecular flexibility index (Phi) is 5.69. The van der Waals surface area contributed by atoms with Gasteiger partial charge in [0.15, 0.2) is 0 Å². The van der Waals surface area contributed by atoms with E-state index in [9.17, 15) is 14.4 Å². The Morgan fingerprint density at radius 2 is 1.85 bits per heavy atom. The van der Waals surface area contributed by atoms with Gasteiger partial charge in [-0.1, -0.05) is 36.4 Å². The van der Waals surface area contributed by atoms with E-state index in [0.717, 1.165) is 21.6 Å². The molecule has 0 unspecified atom stereocenters. The smallest absolute Gasteiger partial charge is 0.351 e. The summed E-state index contributed by atoms with van der Waals surface area (Å²) in [6.07, 6.45) is 0. The maximum absolute atomic E-state index is 12.7. The maximum atomic E-state index is 12.7. The summed E-state index contributed by atoms with van der Waals surface area (Å²) in [6, 6.07) is 19.9. The topological polar surface area (TPSA) is 103 Å². The van der Waals surface area contributed by atoms with E-state index in [1.807, 2.05) is 48.0 Å². The van der Waals surface area contributed by atoms with Crippen molar-refractivity contribution < 1.29 is 18.7 Å². The van der Waals surface area contributed by atoms with Crippen LogP contribution in [0.2, 0.25) is 0 Å². The van der Waals surface area contributed by atoms with Crippen molar-refractivity contribution in [2.45, 2.75) is 6.92 Å². The largest absolute Gasteiger partial charge is 0.460 e. The SMILES string of the molecule is Cc1nn(-c2ccccc2)c2sc(C(=O)NCCOC(=O)c3cc4ccccc4oc3=O)cc12. The number of benzene rings is 2. The first-order valence-corrected chi connectivity index (χ1v) is 11.4. The van der Waals surface area contributed by atoms with Crippen molar-refractivity contribution in [2.24, 2.45) is 0 Å². The van der Waals surface area contributed by atoms with Gasteiger partial charge in [-0.25, -0.2) is 14.3 Å². The zero-order valence-electron chi connectivity index (χ0n) is 18.1. The van der Waals surface area contributed by atoms with Gasteiger partial charge in [0.25, 0.3) is 5.91 Å². The van der Waals surface area contributed by atoms with Crippen molar-refractivity contribution in [3.8, 4) is 5.69 Å². The molecule has 0 atom stereocenters. The van der Waals surface area contributed by atoms with Crippen LogP contribution in [0.5, 0.6) is 0 Å². The van der Waals surface area contributed by atoms with E-state index >= 15 is 0 Å². The van der Waals surface area contributed by atoms with Gasteiger partial charge in [0.2, 0.25) is 0 Å². The summed E-state index contributed by atoms with van der Waals surface area (Å²) in [5, 5.41) is 8.85. The van der Waals surface area contributed by atoms with E-state index in [2.05, 4.69) is 10.4 Å². The number of carbonyl (C=O) groups excluding carboxylic acids is 2. The van der Waals surface area contributed by atoms with Crippen molar-refractivity contribution in [3.63, 3.8) is 0 Å². The number of nitrogens with one attached hydrogen (secondary N) is 1. The highest BCUT2D eigenvalue weighted by atomic mass is 32.1. The first-order chi connectivity index (χ1) is 16.5. The number of aromatic nitrogens is 2. The molecular formula is C25H19N3O5S. The fourth-order valence-corrected chi connectivity index (χ4v) is 4.68. The van der Waals surface area contributed by atoms with Gasteiger partial charge >= 0.3 is 11.6 Å². The molecule has 0 saturated heterocycles. The van der Waals surface area contributed by atoms with Crippen LogP contribution in [0.4, 0.5) is 0 Å². The number of hydrogen-bond acceptors (Lipinski definition) is 7. The van der Waals surface area contributed by atoms with Crippen molar-refractivity contribution >= 4 is 44.4 Å². The molecule has 0 aliphatic rings. The van der Waals surface area contributed by atoms with Gasteiger partial charge in [0, 0.05) is 10.8 Å². The van der Waals surface area contributed by atoms with Gasteiger partial charge in [-0.3, -0.25) is 4.79 Å². The lowest BCUT2D eigenvalue weighted by Crippen LogP contribution is -2.28. The number of para-hydroxylation sites is 2. The predicted molar refractivity (Wildman–Crippen MR) is 129 cm³/mol. The van der Waals surface area contributed by atoms with Crippen molar-refractivity contribution in [1.82, 2.24) is 15.1 Å². The fourth-order valence-electron chi connectivity index (χ4n) is 3.58. The van der Waals surface area contributed by atoms with Gasteiger partial charge in [-0.15, -0.1) is 11.3 Å². The van der Waals surface area contributed by atoms with E-state index in [-0.39, 0.29) is 24.6 Å². The maximum Gasteiger partial charge on any atom is 0.351 e. The molecule has 5 rings (SSSR count). The molecule has 34 heavy (non-hydrogen) atoms. The summed E-state index contributed by atoms with van der Waals surface area (Å²) in [5.74, 6) is -1.07. The molecule has 0 bridgehead atoms. The Morgan fingerprint density at radius 1 is 1.09 bits per heavy atom. The van der Waals surface area contributed by atoms with Crippen LogP contribution in [-0.4, -0.2) is 34.8 Å². The van der Waals surface area contributed by atoms with Crippen LogP contribution >= 0.6 is 11.3 Å². The predicted octanol–water partition coefficient (Wildman–Crippen LogP) is 4.09. The number of thiophene rings is 1. The monoisotopic (exact) mass is 473 g/mol. The highest BCUT2D eigenvalue weighted by Crippen LogP contribution is 2.30. The van der Waals surface area contributed by atoms with Gasteiger partial charge in [0.1, 0.15) is 22.6 Å². The van der Waals surface area contributed by atoms with Crippen LogP contribution in [0.3, 0.4) is 0 Å². The van der Waals surface area contributed by atoms with Crippen LogP contribution in [0.25, 0.3) is 26.9 Å². The van der Waals surface area contributed by atoms with Crippen LogP contribution in [0.1, 0.15) is 25.7 Å². The molecule has 0 radical (unpaired) electrons. The minimum Gasteiger partial charge on any atom is -0.460 e. The second-order valence-electron chi connectivity index (χ2n) is 7.54. The summed E-state index contributed by atoms with van der Waals surface area (Å²) in [5.41, 5.74) is 1.19. The third-order valence-electron chi connectivity index (χ3n) is 5.25. The molecule has 8 nitrogen and oxygen atoms in total. The zero-order chi connectivity index (χ0) is 23.7. The molecule has 0 saturated carbocycles. The summed E-state index contributed by atoms with van der Waals surface area (Å²) in [7, 11) is 0. The molecule has 0 spiro atoms. The van der Waals surface area contributed by atoms with Gasteiger partial charge in [-0.2, -0.15) is 5.10 Å². The van der Waals surface area contributed by atoms with E-state index in [1.165, 1.54) is 17.4 Å². The Morgan fingerprint density at radius 3 is 2.68 bits per heavy atom. The molecule has 1 amide bonds. The first-order valence-electron chi connectivity index (χ1n) is 10.5. The number of aryl methyl sites for hydroxylation is 1. The molecule has 2 aromatic carbocycles. The lowest BCUT2D eigenvalue weighted by Gasteiger charge is -2.06. The van der Waals surface area contributed by atoms with Crippen molar-refractivity contribution in [2.75, 3.05) is 13.2 Å². The normalized spacial score (nSPS) is 11.1. The molecule has 170 valence electrons. The Labute approximate surface area is 197 Å². The van der Waals surface area contributed by atoms with Crippen LogP contribution in [0, 0.1) is 6.92 Å². The number of amides is 1. The van der Waals surface area contributed by atoms with Crippen molar-refractivity contribution in [1.29, 1.82) is 0 Å². The van der Waals surface area contributed by atoms with E-state index < -0.39 is 11.6 Å². The highest BCUT2D eigenvalue weighted by molar-refractivity contribution is 7.20. The summed E-state index contributed by atoms with van der Waals surface area (Å²) < 4.78 is 12.1. The lowest BCUT2D eigenvalue weighted by atomic mass is 10.2. The molecule has 9 heteroatoms. The fraction of sp³-hybridized carbons (Fsp3) is 0.120. The highest BCUT2D eigenvalue weighted by Gasteiger charge is 2.18. The zero-order valence-corrected chi connectivity index (χ0v) is 18.9. The molecule has 0 aliphatic heterocycles. The Hall–Kier alpha value is -4.24. The number of nitrogens with zero attached hydrogens (tertiary/aromatic N) is 2. The van der Waals surface area contributed by atoms with Gasteiger partial charge < -0.3 is 14.5 Å². The molecule has 3 heterocycles. The standard InChI is InChI=1S/C25H19N3O5S/c1-15-18-14-21(34-23(18)28(27-15)17-8-3-2-4-9-17)22(29)26-11-12-32-24(30)19-13-16-7-5-6-10-20(16)33-25(19)31/h2-10,13-14H,11-12H2,1H3,(H,26,29). The molecule has 5 aromatic rings. The van der Waals surface area contributed by atoms with E-state index in [4.69, 9.17) is 9.15 Å². The van der Waals surface area contributed by atoms with Crippen LogP contribution in [0.15, 0.2) is 75.9 Å². The number of esters is 1. The van der Waals surface area contributed by atoms with E-state index in [0.29, 0.717) is 15.8 Å². The summed E-state index contributed by atoms with van der Waals surface area (Å²) in [4.78, 5) is 38.4. The molecular weight excluding hydrogens is 454 g/mol. The minimum absolute atomic E-state index is 0.0848. The Balaban J connectivity index is 1.23. The number of carbonyl (C=O) groups is 2. The van der Waals surface area contributed by atoms with E-state index in [1.54, 1.807) is 24.3 Å². The van der Waals surface area contributed by atoms with Gasteiger partial charge in [0.05, 0.1) is 22.8 Å².